The third-order valence-corrected chi connectivity index (χ3v) is 7.68. The van der Waals surface area contributed by atoms with Gasteiger partial charge in [-0.3, -0.25) is 9.59 Å². The van der Waals surface area contributed by atoms with Crippen LogP contribution in [0.4, 0.5) is 13.2 Å². The topological polar surface area (TPSA) is 49.9 Å². The lowest BCUT2D eigenvalue weighted by Gasteiger charge is -2.57. The zero-order chi connectivity index (χ0) is 24.2. The van der Waals surface area contributed by atoms with Crippen LogP contribution in [-0.2, 0) is 14.3 Å². The second-order valence-corrected chi connectivity index (χ2v) is 10.5. The number of halogens is 4. The number of carbonyl (C=O) groups excluding carboxylic acids is 2. The summed E-state index contributed by atoms with van der Waals surface area (Å²) in [4.78, 5) is 27.7. The van der Waals surface area contributed by atoms with E-state index in [1.165, 1.54) is 28.0 Å². The monoisotopic (exact) mass is 484 g/mol. The minimum Gasteiger partial charge on any atom is -0.375 e. The van der Waals surface area contributed by atoms with E-state index in [0.29, 0.717) is 17.0 Å². The Morgan fingerprint density at radius 3 is 2.55 bits per heavy atom. The van der Waals surface area contributed by atoms with Crippen LogP contribution in [0.15, 0.2) is 30.9 Å². The van der Waals surface area contributed by atoms with Crippen LogP contribution in [0.25, 0.3) is 0 Å². The van der Waals surface area contributed by atoms with Gasteiger partial charge in [0.25, 0.3) is 5.92 Å². The van der Waals surface area contributed by atoms with Crippen molar-refractivity contribution in [2.24, 2.45) is 11.3 Å². The minimum absolute atomic E-state index is 0.0399. The highest BCUT2D eigenvalue weighted by atomic mass is 35.5. The zero-order valence-corrected chi connectivity index (χ0v) is 19.5. The highest BCUT2D eigenvalue weighted by Crippen LogP contribution is 2.51. The number of benzene rings is 1. The molecule has 2 atom stereocenters. The van der Waals surface area contributed by atoms with E-state index in [-0.39, 0.29) is 38.6 Å². The van der Waals surface area contributed by atoms with Crippen molar-refractivity contribution in [1.29, 1.82) is 0 Å². The van der Waals surface area contributed by atoms with Crippen molar-refractivity contribution in [2.75, 3.05) is 32.8 Å². The molecule has 1 spiro atoms. The van der Waals surface area contributed by atoms with Crippen molar-refractivity contribution in [3.63, 3.8) is 0 Å². The van der Waals surface area contributed by atoms with Crippen molar-refractivity contribution < 1.29 is 27.5 Å². The molecule has 33 heavy (non-hydrogen) atoms. The normalized spacial score (nSPS) is 27.7. The van der Waals surface area contributed by atoms with Gasteiger partial charge in [-0.1, -0.05) is 18.2 Å². The fraction of sp³-hybridized carbons (Fsp3) is 0.583. The summed E-state index contributed by atoms with van der Waals surface area (Å²) < 4.78 is 50.3. The van der Waals surface area contributed by atoms with Gasteiger partial charge in [-0.15, -0.1) is 0 Å². The van der Waals surface area contributed by atoms with Gasteiger partial charge in [0.2, 0.25) is 11.8 Å². The van der Waals surface area contributed by atoms with Crippen LogP contribution in [0.3, 0.4) is 0 Å². The second kappa shape index (κ2) is 8.31. The quantitative estimate of drug-likeness (QED) is 0.602. The Morgan fingerprint density at radius 1 is 1.21 bits per heavy atom. The second-order valence-electron chi connectivity index (χ2n) is 10.0. The molecule has 3 heterocycles. The lowest BCUT2D eigenvalue weighted by Crippen LogP contribution is -2.71. The molecule has 0 aliphatic carbocycles. The van der Waals surface area contributed by atoms with Gasteiger partial charge in [0.15, 0.2) is 0 Å². The fourth-order valence-electron chi connectivity index (χ4n) is 5.33. The van der Waals surface area contributed by atoms with Crippen molar-refractivity contribution >= 4 is 23.4 Å². The number of carbonyl (C=O) groups is 2. The largest absolute Gasteiger partial charge is 0.375 e. The van der Waals surface area contributed by atoms with Gasteiger partial charge in [0.05, 0.1) is 30.1 Å². The highest BCUT2D eigenvalue weighted by molar-refractivity contribution is 6.31. The van der Waals surface area contributed by atoms with E-state index in [9.17, 15) is 14.0 Å². The third kappa shape index (κ3) is 4.28. The highest BCUT2D eigenvalue weighted by Gasteiger charge is 2.64. The molecule has 0 bridgehead atoms. The molecular weight excluding hydrogens is 457 g/mol. The van der Waals surface area contributed by atoms with Crippen molar-refractivity contribution in [2.45, 2.75) is 44.1 Å². The molecule has 1 aromatic rings. The van der Waals surface area contributed by atoms with Crippen LogP contribution in [0, 0.1) is 17.2 Å². The number of hydrogen-bond acceptors (Lipinski definition) is 3. The Morgan fingerprint density at radius 2 is 1.91 bits per heavy atom. The molecule has 3 aliphatic rings. The first kappa shape index (κ1) is 24.1. The maximum Gasteiger partial charge on any atom is 0.274 e. The summed E-state index contributed by atoms with van der Waals surface area (Å²) >= 11 is 6.35. The van der Waals surface area contributed by atoms with Gasteiger partial charge in [-0.05, 0) is 56.5 Å². The molecule has 0 saturated carbocycles. The van der Waals surface area contributed by atoms with E-state index in [4.69, 9.17) is 16.3 Å². The first-order valence-electron chi connectivity index (χ1n) is 11.0. The lowest BCUT2D eigenvalue weighted by molar-refractivity contribution is -0.224. The minimum atomic E-state index is -3.14. The van der Waals surface area contributed by atoms with Crippen LogP contribution in [-0.4, -0.2) is 65.9 Å². The SMILES string of the molecule is C=CC(=O)N1CC2(CCN(C(=O)[C@@H]3COC(C)(C)C[C@H]3c3cc(F)ccc3Cl)CC2(F)F)C1. The van der Waals surface area contributed by atoms with Crippen LogP contribution < -0.4 is 0 Å². The molecule has 2 amide bonds. The predicted molar refractivity (Wildman–Crippen MR) is 118 cm³/mol. The fourth-order valence-corrected chi connectivity index (χ4v) is 5.59. The Labute approximate surface area is 196 Å². The van der Waals surface area contributed by atoms with Crippen molar-refractivity contribution in [3.05, 3.63) is 47.3 Å². The molecule has 0 radical (unpaired) electrons. The van der Waals surface area contributed by atoms with Crippen LogP contribution in [0.2, 0.25) is 5.02 Å². The molecule has 4 rings (SSSR count). The first-order valence-corrected chi connectivity index (χ1v) is 11.4. The molecular formula is C24H28ClF3N2O3. The van der Waals surface area contributed by atoms with Crippen molar-refractivity contribution in [1.82, 2.24) is 9.80 Å². The molecule has 3 saturated heterocycles. The van der Waals surface area contributed by atoms with Gasteiger partial charge >= 0.3 is 0 Å². The van der Waals surface area contributed by atoms with Crippen LogP contribution in [0.1, 0.15) is 38.2 Å². The predicted octanol–water partition coefficient (Wildman–Crippen LogP) is 4.26. The summed E-state index contributed by atoms with van der Waals surface area (Å²) in [5.41, 5.74) is -1.40. The number of nitrogens with zero attached hydrogens (tertiary/aromatic N) is 2. The Balaban J connectivity index is 1.54. The maximum atomic E-state index is 15.2. The average molecular weight is 485 g/mol. The first-order chi connectivity index (χ1) is 15.4. The van der Waals surface area contributed by atoms with Crippen LogP contribution in [0.5, 0.6) is 0 Å². The van der Waals surface area contributed by atoms with Gasteiger partial charge in [-0.25, -0.2) is 13.2 Å². The number of likely N-dealkylation sites (tertiary alicyclic amines) is 2. The van der Waals surface area contributed by atoms with Gasteiger partial charge in [-0.2, -0.15) is 0 Å². The maximum absolute atomic E-state index is 15.2. The van der Waals surface area contributed by atoms with Crippen molar-refractivity contribution in [3.8, 4) is 0 Å². The molecule has 0 N–H and O–H groups in total. The Hall–Kier alpha value is -2.06. The number of ether oxygens (including phenoxy) is 1. The number of amides is 2. The van der Waals surface area contributed by atoms with Gasteiger partial charge in [0.1, 0.15) is 5.82 Å². The lowest BCUT2D eigenvalue weighted by atomic mass is 9.68. The smallest absolute Gasteiger partial charge is 0.274 e. The summed E-state index contributed by atoms with van der Waals surface area (Å²) in [6.07, 6.45) is 1.61. The molecule has 0 aromatic heterocycles. The number of piperidine rings is 1. The number of alkyl halides is 2. The molecule has 9 heteroatoms. The molecule has 1 aromatic carbocycles. The number of hydrogen-bond donors (Lipinski definition) is 0. The van der Waals surface area contributed by atoms with E-state index in [1.807, 2.05) is 13.8 Å². The average Bonchev–Trinajstić information content (AvgIpc) is 2.71. The summed E-state index contributed by atoms with van der Waals surface area (Å²) in [5.74, 6) is -5.63. The van der Waals surface area contributed by atoms with Gasteiger partial charge < -0.3 is 14.5 Å². The molecule has 5 nitrogen and oxygen atoms in total. The van der Waals surface area contributed by atoms with E-state index >= 15 is 8.78 Å². The zero-order valence-electron chi connectivity index (χ0n) is 18.8. The molecule has 0 unspecified atom stereocenters. The Bertz CT molecular complexity index is 978. The van der Waals surface area contributed by atoms with E-state index in [2.05, 4.69) is 6.58 Å². The molecule has 3 fully saturated rings. The standard InChI is InChI=1S/C24H28ClF3N2O3/c1-4-20(31)30-12-23(13-30)7-8-29(14-24(23,27)28)21(32)18-11-33-22(2,3)10-17(18)16-9-15(26)5-6-19(16)25/h4-6,9,17-18H,1,7-8,10-14H2,2-3H3/t17-,18+/m0/s1. The van der Waals surface area contributed by atoms with E-state index in [0.717, 1.165) is 6.08 Å². The summed E-state index contributed by atoms with van der Waals surface area (Å²) in [7, 11) is 0. The van der Waals surface area contributed by atoms with E-state index in [1.54, 1.807) is 0 Å². The molecule has 3 aliphatic heterocycles. The number of rotatable bonds is 3. The summed E-state index contributed by atoms with van der Waals surface area (Å²) in [5, 5.41) is 0.335. The third-order valence-electron chi connectivity index (χ3n) is 7.34. The van der Waals surface area contributed by atoms with Crippen LogP contribution >= 0.6 is 11.6 Å². The van der Waals surface area contributed by atoms with Gasteiger partial charge in [0, 0.05) is 30.6 Å². The summed E-state index contributed by atoms with van der Waals surface area (Å²) in [6, 6.07) is 4.01. The Kier molecular flexibility index (Phi) is 6.06. The summed E-state index contributed by atoms with van der Waals surface area (Å²) in [6.45, 7) is 6.54. The molecule has 180 valence electrons. The van der Waals surface area contributed by atoms with E-state index < -0.39 is 47.0 Å².